The molecule has 0 bridgehead atoms. The van der Waals surface area contributed by atoms with Crippen LogP contribution in [-0.4, -0.2) is 9.97 Å². The van der Waals surface area contributed by atoms with E-state index in [9.17, 15) is 17.6 Å². The number of hydrogen-bond acceptors (Lipinski definition) is 3. The lowest BCUT2D eigenvalue weighted by molar-refractivity contribution is -0.137. The maximum Gasteiger partial charge on any atom is 0.417 e. The molecule has 1 heterocycles. The first-order valence-electron chi connectivity index (χ1n) is 6.16. The topological polar surface area (TPSA) is 51.8 Å². The number of alkyl halides is 3. The minimum Gasteiger partial charge on any atom is -0.324 e. The van der Waals surface area contributed by atoms with Crippen molar-refractivity contribution in [3.63, 3.8) is 0 Å². The largest absolute Gasteiger partial charge is 0.417 e. The van der Waals surface area contributed by atoms with E-state index in [2.05, 4.69) is 9.97 Å². The Balaban J connectivity index is 2.61. The van der Waals surface area contributed by atoms with E-state index < -0.39 is 17.6 Å². The summed E-state index contributed by atoms with van der Waals surface area (Å²) in [6, 6.07) is 1.88. The second-order valence-electron chi connectivity index (χ2n) is 4.71. The molecule has 2 aromatic rings. The smallest absolute Gasteiger partial charge is 0.324 e. The maximum absolute atomic E-state index is 13.3. The van der Waals surface area contributed by atoms with Gasteiger partial charge >= 0.3 is 6.18 Å². The molecular weight excluding hydrogens is 286 g/mol. The molecule has 1 unspecified atom stereocenters. The summed E-state index contributed by atoms with van der Waals surface area (Å²) in [6.07, 6.45) is -3.24. The first kappa shape index (κ1) is 15.4. The van der Waals surface area contributed by atoms with E-state index >= 15 is 0 Å². The molecule has 0 saturated carbocycles. The van der Waals surface area contributed by atoms with Gasteiger partial charge in [-0.3, -0.25) is 0 Å². The van der Waals surface area contributed by atoms with Gasteiger partial charge in [0.15, 0.2) is 5.82 Å². The van der Waals surface area contributed by atoms with Crippen molar-refractivity contribution >= 4 is 0 Å². The van der Waals surface area contributed by atoms with E-state index in [0.29, 0.717) is 17.3 Å². The van der Waals surface area contributed by atoms with Gasteiger partial charge in [0.1, 0.15) is 5.82 Å². The average Bonchev–Trinajstić information content (AvgIpc) is 2.36. The van der Waals surface area contributed by atoms with Crippen molar-refractivity contribution in [3.8, 4) is 11.4 Å². The lowest BCUT2D eigenvalue weighted by Gasteiger charge is -2.14. The Morgan fingerprint density at radius 2 is 1.90 bits per heavy atom. The van der Waals surface area contributed by atoms with Crippen LogP contribution >= 0.6 is 0 Å². The van der Waals surface area contributed by atoms with Crippen LogP contribution < -0.4 is 5.73 Å². The summed E-state index contributed by atoms with van der Waals surface area (Å²) in [5.41, 5.74) is 5.44. The third kappa shape index (κ3) is 3.18. The molecule has 2 rings (SSSR count). The predicted molar refractivity (Wildman–Crippen MR) is 69.8 cm³/mol. The number of rotatable bonds is 2. The molecule has 0 fully saturated rings. The normalized spacial score (nSPS) is 13.3. The van der Waals surface area contributed by atoms with E-state index in [0.717, 1.165) is 12.1 Å². The van der Waals surface area contributed by atoms with Gasteiger partial charge in [0.05, 0.1) is 5.56 Å². The zero-order valence-corrected chi connectivity index (χ0v) is 11.4. The van der Waals surface area contributed by atoms with Crippen LogP contribution in [0.3, 0.4) is 0 Å². The zero-order valence-electron chi connectivity index (χ0n) is 11.4. The molecule has 0 aliphatic carbocycles. The number of hydrogen-bond donors (Lipinski definition) is 1. The van der Waals surface area contributed by atoms with Gasteiger partial charge in [0.2, 0.25) is 0 Å². The number of halogens is 4. The molecule has 0 saturated heterocycles. The average molecular weight is 299 g/mol. The fourth-order valence-corrected chi connectivity index (χ4v) is 2.00. The van der Waals surface area contributed by atoms with Crippen molar-refractivity contribution in [2.24, 2.45) is 5.73 Å². The molecule has 21 heavy (non-hydrogen) atoms. The van der Waals surface area contributed by atoms with E-state index in [4.69, 9.17) is 5.73 Å². The van der Waals surface area contributed by atoms with Gasteiger partial charge in [-0.25, -0.2) is 14.4 Å². The Hall–Kier alpha value is -2.02. The Bertz CT molecular complexity index is 666. The summed E-state index contributed by atoms with van der Waals surface area (Å²) in [4.78, 5) is 7.91. The molecule has 0 aliphatic heterocycles. The van der Waals surface area contributed by atoms with E-state index in [1.165, 1.54) is 6.20 Å². The van der Waals surface area contributed by atoms with Gasteiger partial charge in [-0.1, -0.05) is 0 Å². The molecule has 1 aromatic carbocycles. The van der Waals surface area contributed by atoms with Gasteiger partial charge in [0, 0.05) is 29.1 Å². The molecule has 0 radical (unpaired) electrons. The van der Waals surface area contributed by atoms with Crippen molar-refractivity contribution < 1.29 is 17.6 Å². The van der Waals surface area contributed by atoms with Crippen LogP contribution in [0.2, 0.25) is 0 Å². The van der Waals surface area contributed by atoms with Crippen LogP contribution in [0.25, 0.3) is 11.4 Å². The maximum atomic E-state index is 13.3. The van der Waals surface area contributed by atoms with Gasteiger partial charge in [0.25, 0.3) is 0 Å². The van der Waals surface area contributed by atoms with Crippen LogP contribution in [-0.2, 0) is 6.18 Å². The summed E-state index contributed by atoms with van der Waals surface area (Å²) < 4.78 is 52.2. The number of aryl methyl sites for hydroxylation is 1. The number of nitrogens with two attached hydrogens (primary N) is 1. The van der Waals surface area contributed by atoms with Crippen molar-refractivity contribution in [2.75, 3.05) is 0 Å². The number of benzene rings is 1. The Kier molecular flexibility index (Phi) is 3.95. The minimum atomic E-state index is -4.61. The fraction of sp³-hybridized carbons (Fsp3) is 0.286. The molecule has 7 heteroatoms. The first-order chi connectivity index (χ1) is 9.70. The Morgan fingerprint density at radius 1 is 1.24 bits per heavy atom. The van der Waals surface area contributed by atoms with Crippen molar-refractivity contribution in [3.05, 3.63) is 47.0 Å². The fourth-order valence-electron chi connectivity index (χ4n) is 2.00. The van der Waals surface area contributed by atoms with Gasteiger partial charge in [-0.05, 0) is 32.0 Å². The van der Waals surface area contributed by atoms with Crippen molar-refractivity contribution in [2.45, 2.75) is 26.1 Å². The Morgan fingerprint density at radius 3 is 2.43 bits per heavy atom. The molecule has 112 valence electrons. The summed E-state index contributed by atoms with van der Waals surface area (Å²) >= 11 is 0. The lowest BCUT2D eigenvalue weighted by Crippen LogP contribution is -2.11. The van der Waals surface area contributed by atoms with Gasteiger partial charge in [-0.15, -0.1) is 0 Å². The second kappa shape index (κ2) is 5.40. The SMILES string of the molecule is Cc1nc(-c2cc(F)ccc2C(F)(F)F)ncc1C(C)N. The molecule has 2 N–H and O–H groups in total. The van der Waals surface area contributed by atoms with E-state index in [-0.39, 0.29) is 17.4 Å². The molecule has 0 aliphatic rings. The highest BCUT2D eigenvalue weighted by Crippen LogP contribution is 2.36. The summed E-state index contributed by atoms with van der Waals surface area (Å²) in [6.45, 7) is 3.34. The van der Waals surface area contributed by atoms with Gasteiger partial charge < -0.3 is 5.73 Å². The van der Waals surface area contributed by atoms with Crippen LogP contribution in [0, 0.1) is 12.7 Å². The van der Waals surface area contributed by atoms with E-state index in [1.54, 1.807) is 13.8 Å². The monoisotopic (exact) mass is 299 g/mol. The molecule has 0 spiro atoms. The van der Waals surface area contributed by atoms with Crippen molar-refractivity contribution in [1.29, 1.82) is 0 Å². The highest BCUT2D eigenvalue weighted by Gasteiger charge is 2.34. The standard InChI is InChI=1S/C14H13F4N3/c1-7(19)11-6-20-13(21-8(11)2)10-5-9(15)3-4-12(10)14(16,17)18/h3-7H,19H2,1-2H3. The van der Waals surface area contributed by atoms with E-state index in [1.807, 2.05) is 0 Å². The summed E-state index contributed by atoms with van der Waals surface area (Å²) in [5, 5.41) is 0. The summed E-state index contributed by atoms with van der Waals surface area (Å²) in [5.74, 6) is -0.959. The first-order valence-corrected chi connectivity index (χ1v) is 6.16. The Labute approximate surface area is 118 Å². The third-order valence-electron chi connectivity index (χ3n) is 3.04. The molecule has 0 amide bonds. The highest BCUT2D eigenvalue weighted by atomic mass is 19.4. The minimum absolute atomic E-state index is 0.177. The summed E-state index contributed by atoms with van der Waals surface area (Å²) in [7, 11) is 0. The third-order valence-corrected chi connectivity index (χ3v) is 3.04. The molecule has 3 nitrogen and oxygen atoms in total. The predicted octanol–water partition coefficient (Wildman–Crippen LogP) is 3.63. The van der Waals surface area contributed by atoms with Gasteiger partial charge in [-0.2, -0.15) is 13.2 Å². The van der Waals surface area contributed by atoms with Crippen LogP contribution in [0.1, 0.15) is 29.8 Å². The second-order valence-corrected chi connectivity index (χ2v) is 4.71. The lowest BCUT2D eigenvalue weighted by atomic mass is 10.0. The quantitative estimate of drug-likeness (QED) is 0.862. The zero-order chi connectivity index (χ0) is 15.8. The van der Waals surface area contributed by atoms with Crippen LogP contribution in [0.15, 0.2) is 24.4 Å². The van der Waals surface area contributed by atoms with Crippen molar-refractivity contribution in [1.82, 2.24) is 9.97 Å². The van der Waals surface area contributed by atoms with Crippen LogP contribution in [0.5, 0.6) is 0 Å². The van der Waals surface area contributed by atoms with Crippen LogP contribution in [0.4, 0.5) is 17.6 Å². The highest BCUT2D eigenvalue weighted by molar-refractivity contribution is 5.61. The molecular formula is C14H13F4N3. The molecule has 1 atom stereocenters. The molecule has 1 aromatic heterocycles. The number of aromatic nitrogens is 2. The number of nitrogens with zero attached hydrogens (tertiary/aromatic N) is 2.